The Hall–Kier alpha value is -2.62. The third-order valence-corrected chi connectivity index (χ3v) is 3.35. The van der Waals surface area contributed by atoms with E-state index in [2.05, 4.69) is 11.2 Å². The summed E-state index contributed by atoms with van der Waals surface area (Å²) >= 11 is 0. The summed E-state index contributed by atoms with van der Waals surface area (Å²) in [5.74, 6) is -0.0579. The third kappa shape index (κ3) is 2.52. The van der Waals surface area contributed by atoms with Crippen molar-refractivity contribution in [2.24, 2.45) is 0 Å². The van der Waals surface area contributed by atoms with Gasteiger partial charge in [-0.05, 0) is 43.7 Å². The number of halogens is 1. The first kappa shape index (κ1) is 13.4. The first-order chi connectivity index (χ1) is 10.0. The SMILES string of the molecule is Cc1cc(C)cc(-c2noc(N)c2-c2ccc(F)cc2)c1. The second-order valence-electron chi connectivity index (χ2n) is 5.15. The van der Waals surface area contributed by atoms with Gasteiger partial charge < -0.3 is 10.3 Å². The summed E-state index contributed by atoms with van der Waals surface area (Å²) in [6, 6.07) is 12.3. The number of nitrogens with zero attached hydrogens (tertiary/aromatic N) is 1. The van der Waals surface area contributed by atoms with Crippen LogP contribution in [0.4, 0.5) is 10.3 Å². The van der Waals surface area contributed by atoms with Gasteiger partial charge in [0.05, 0.1) is 5.56 Å². The maximum atomic E-state index is 13.1. The van der Waals surface area contributed by atoms with Crippen LogP contribution in [0.5, 0.6) is 0 Å². The molecule has 0 saturated carbocycles. The number of hydrogen-bond donors (Lipinski definition) is 1. The summed E-state index contributed by atoms with van der Waals surface area (Å²) in [5.41, 5.74) is 11.3. The number of nitrogen functional groups attached to an aromatic ring is 1. The minimum atomic E-state index is -0.290. The summed E-state index contributed by atoms with van der Waals surface area (Å²) in [7, 11) is 0. The largest absolute Gasteiger partial charge is 0.367 e. The van der Waals surface area contributed by atoms with Crippen LogP contribution >= 0.6 is 0 Å². The topological polar surface area (TPSA) is 52.0 Å². The van der Waals surface area contributed by atoms with Crippen molar-refractivity contribution in [1.29, 1.82) is 0 Å². The highest BCUT2D eigenvalue weighted by Crippen LogP contribution is 2.36. The lowest BCUT2D eigenvalue weighted by Crippen LogP contribution is -1.89. The molecule has 1 aromatic heterocycles. The van der Waals surface area contributed by atoms with Crippen LogP contribution in [-0.4, -0.2) is 5.16 Å². The van der Waals surface area contributed by atoms with Crippen molar-refractivity contribution in [2.45, 2.75) is 13.8 Å². The van der Waals surface area contributed by atoms with Gasteiger partial charge in [-0.25, -0.2) is 4.39 Å². The van der Waals surface area contributed by atoms with Crippen LogP contribution in [-0.2, 0) is 0 Å². The first-order valence-electron chi connectivity index (χ1n) is 6.64. The monoisotopic (exact) mass is 282 g/mol. The van der Waals surface area contributed by atoms with Gasteiger partial charge in [0.15, 0.2) is 0 Å². The molecular formula is C17H15FN2O. The molecule has 2 N–H and O–H groups in total. The molecule has 4 heteroatoms. The fourth-order valence-corrected chi connectivity index (χ4v) is 2.51. The zero-order valence-corrected chi connectivity index (χ0v) is 11.9. The van der Waals surface area contributed by atoms with Crippen LogP contribution < -0.4 is 5.73 Å². The lowest BCUT2D eigenvalue weighted by molar-refractivity contribution is 0.439. The Labute approximate surface area is 122 Å². The van der Waals surface area contributed by atoms with Crippen molar-refractivity contribution in [3.05, 3.63) is 59.4 Å². The number of nitrogens with two attached hydrogens (primary N) is 1. The molecule has 0 unspecified atom stereocenters. The standard InChI is InChI=1S/C17H15FN2O/c1-10-7-11(2)9-13(8-10)16-15(17(19)21-20-16)12-3-5-14(18)6-4-12/h3-9H,19H2,1-2H3. The smallest absolute Gasteiger partial charge is 0.230 e. The highest BCUT2D eigenvalue weighted by atomic mass is 19.1. The lowest BCUT2D eigenvalue weighted by atomic mass is 9.98. The average Bonchev–Trinajstić information content (AvgIpc) is 2.80. The molecule has 106 valence electrons. The van der Waals surface area contributed by atoms with Crippen molar-refractivity contribution in [2.75, 3.05) is 5.73 Å². The fourth-order valence-electron chi connectivity index (χ4n) is 2.51. The normalized spacial score (nSPS) is 10.8. The van der Waals surface area contributed by atoms with Crippen molar-refractivity contribution in [3.63, 3.8) is 0 Å². The zero-order valence-electron chi connectivity index (χ0n) is 11.9. The zero-order chi connectivity index (χ0) is 15.0. The number of aromatic nitrogens is 1. The van der Waals surface area contributed by atoms with Gasteiger partial charge in [-0.2, -0.15) is 0 Å². The summed E-state index contributed by atoms with van der Waals surface area (Å²) in [6.45, 7) is 4.05. The molecule has 3 rings (SSSR count). The van der Waals surface area contributed by atoms with Gasteiger partial charge in [0, 0.05) is 5.56 Å². The fraction of sp³-hybridized carbons (Fsp3) is 0.118. The van der Waals surface area contributed by atoms with E-state index in [0.29, 0.717) is 11.3 Å². The summed E-state index contributed by atoms with van der Waals surface area (Å²) in [5, 5.41) is 4.07. The second-order valence-corrected chi connectivity index (χ2v) is 5.15. The minimum absolute atomic E-state index is 0.232. The number of anilines is 1. The van der Waals surface area contributed by atoms with E-state index in [1.165, 1.54) is 12.1 Å². The molecule has 0 bridgehead atoms. The van der Waals surface area contributed by atoms with Gasteiger partial charge >= 0.3 is 0 Å². The summed E-state index contributed by atoms with van der Waals surface area (Å²) in [6.07, 6.45) is 0. The molecule has 0 fully saturated rings. The number of benzene rings is 2. The molecular weight excluding hydrogens is 267 g/mol. The molecule has 0 aliphatic carbocycles. The Morgan fingerprint density at radius 1 is 0.952 bits per heavy atom. The van der Waals surface area contributed by atoms with Crippen molar-refractivity contribution in [1.82, 2.24) is 5.16 Å². The predicted octanol–water partition coefficient (Wildman–Crippen LogP) is 4.35. The van der Waals surface area contributed by atoms with E-state index in [0.717, 1.165) is 22.3 Å². The predicted molar refractivity (Wildman–Crippen MR) is 81.2 cm³/mol. The average molecular weight is 282 g/mol. The third-order valence-electron chi connectivity index (χ3n) is 3.35. The Morgan fingerprint density at radius 3 is 2.19 bits per heavy atom. The van der Waals surface area contributed by atoms with E-state index >= 15 is 0 Å². The summed E-state index contributed by atoms with van der Waals surface area (Å²) < 4.78 is 18.2. The number of aryl methyl sites for hydroxylation is 2. The van der Waals surface area contributed by atoms with Crippen molar-refractivity contribution >= 4 is 5.88 Å². The van der Waals surface area contributed by atoms with Gasteiger partial charge in [0.2, 0.25) is 5.88 Å². The molecule has 1 heterocycles. The second kappa shape index (κ2) is 5.05. The maximum Gasteiger partial charge on any atom is 0.230 e. The van der Waals surface area contributed by atoms with Crippen LogP contribution in [0.15, 0.2) is 47.0 Å². The van der Waals surface area contributed by atoms with E-state index in [1.54, 1.807) is 12.1 Å². The molecule has 0 amide bonds. The lowest BCUT2D eigenvalue weighted by Gasteiger charge is -2.05. The Kier molecular flexibility index (Phi) is 3.22. The molecule has 0 aliphatic heterocycles. The van der Waals surface area contributed by atoms with Crippen LogP contribution in [0.2, 0.25) is 0 Å². The van der Waals surface area contributed by atoms with E-state index < -0.39 is 0 Å². The van der Waals surface area contributed by atoms with Crippen LogP contribution in [0.3, 0.4) is 0 Å². The van der Waals surface area contributed by atoms with Crippen molar-refractivity contribution < 1.29 is 8.91 Å². The Bertz CT molecular complexity index is 771. The Morgan fingerprint density at radius 2 is 1.57 bits per heavy atom. The molecule has 21 heavy (non-hydrogen) atoms. The number of hydrogen-bond acceptors (Lipinski definition) is 3. The molecule has 0 atom stereocenters. The van der Waals surface area contributed by atoms with Gasteiger partial charge in [0.1, 0.15) is 11.5 Å². The molecule has 3 nitrogen and oxygen atoms in total. The van der Waals surface area contributed by atoms with Gasteiger partial charge in [-0.3, -0.25) is 0 Å². The van der Waals surface area contributed by atoms with E-state index in [-0.39, 0.29) is 11.7 Å². The molecule has 0 spiro atoms. The van der Waals surface area contributed by atoms with Gasteiger partial charge in [-0.15, -0.1) is 0 Å². The van der Waals surface area contributed by atoms with E-state index in [4.69, 9.17) is 10.3 Å². The quantitative estimate of drug-likeness (QED) is 0.760. The van der Waals surface area contributed by atoms with Gasteiger partial charge in [0.25, 0.3) is 0 Å². The highest BCUT2D eigenvalue weighted by molar-refractivity contribution is 5.87. The molecule has 2 aromatic carbocycles. The van der Waals surface area contributed by atoms with E-state index in [9.17, 15) is 4.39 Å². The first-order valence-corrected chi connectivity index (χ1v) is 6.64. The number of rotatable bonds is 2. The maximum absolute atomic E-state index is 13.1. The summed E-state index contributed by atoms with van der Waals surface area (Å²) in [4.78, 5) is 0. The Balaban J connectivity index is 2.19. The van der Waals surface area contributed by atoms with Crippen LogP contribution in [0.1, 0.15) is 11.1 Å². The molecule has 0 aliphatic rings. The molecule has 0 saturated heterocycles. The van der Waals surface area contributed by atoms with E-state index in [1.807, 2.05) is 26.0 Å². The molecule has 0 radical (unpaired) electrons. The molecule has 3 aromatic rings. The highest BCUT2D eigenvalue weighted by Gasteiger charge is 2.17. The van der Waals surface area contributed by atoms with Crippen LogP contribution in [0, 0.1) is 19.7 Å². The minimum Gasteiger partial charge on any atom is -0.367 e. The van der Waals surface area contributed by atoms with Crippen LogP contribution in [0.25, 0.3) is 22.4 Å². The van der Waals surface area contributed by atoms with Gasteiger partial charge in [-0.1, -0.05) is 34.5 Å². The van der Waals surface area contributed by atoms with Crippen molar-refractivity contribution in [3.8, 4) is 22.4 Å².